The van der Waals surface area contributed by atoms with Crippen molar-refractivity contribution in [3.63, 3.8) is 0 Å². The second-order valence-corrected chi connectivity index (χ2v) is 4.00. The van der Waals surface area contributed by atoms with Crippen LogP contribution in [0.5, 0.6) is 11.8 Å². The van der Waals surface area contributed by atoms with E-state index in [0.29, 0.717) is 0 Å². The molecule has 0 aromatic carbocycles. The number of nitrogens with zero attached hydrogens (tertiary/aromatic N) is 2. The largest absolute Gasteiger partial charge is 0.491 e. The molecule has 13 heavy (non-hydrogen) atoms. The lowest BCUT2D eigenvalue weighted by Crippen LogP contribution is -2.33. The van der Waals surface area contributed by atoms with Gasteiger partial charge in [0.25, 0.3) is 11.8 Å². The fourth-order valence-corrected chi connectivity index (χ4v) is 1.19. The highest BCUT2D eigenvalue weighted by atomic mass is 16.3. The zero-order valence-corrected chi connectivity index (χ0v) is 8.20. The van der Waals surface area contributed by atoms with Crippen molar-refractivity contribution in [3.8, 4) is 11.8 Å². The Bertz CT molecular complexity index is 381. The minimum absolute atomic E-state index is 0.389. The first-order chi connectivity index (χ1) is 5.76. The van der Waals surface area contributed by atoms with E-state index in [-0.39, 0.29) is 5.88 Å². The third-order valence-electron chi connectivity index (χ3n) is 1.88. The highest BCUT2D eigenvalue weighted by Crippen LogP contribution is 2.27. The van der Waals surface area contributed by atoms with Crippen LogP contribution in [0.2, 0.25) is 0 Å². The van der Waals surface area contributed by atoms with E-state index in [4.69, 9.17) is 0 Å². The first-order valence-corrected chi connectivity index (χ1v) is 3.97. The zero-order valence-electron chi connectivity index (χ0n) is 8.20. The van der Waals surface area contributed by atoms with Crippen LogP contribution in [0.4, 0.5) is 0 Å². The Hall–Kier alpha value is -1.39. The van der Waals surface area contributed by atoms with Crippen LogP contribution < -0.4 is 5.69 Å². The van der Waals surface area contributed by atoms with Crippen molar-refractivity contribution in [2.75, 3.05) is 0 Å². The number of hydrogen-bond donors (Lipinski definition) is 2. The van der Waals surface area contributed by atoms with Gasteiger partial charge in [0.1, 0.15) is 0 Å². The number of hydrogen-bond acceptors (Lipinski definition) is 3. The Morgan fingerprint density at radius 3 is 1.77 bits per heavy atom. The molecule has 1 aromatic heterocycles. The molecule has 0 fully saturated rings. The maximum Gasteiger partial charge on any atom is 0.334 e. The van der Waals surface area contributed by atoms with Crippen LogP contribution in [0.3, 0.4) is 0 Å². The standard InChI is InChI=1S/C8H14N2O3/c1-8(2,3)10-6(12)5(11)9(4)7(10)13/h11-12H,1-4H3. The summed E-state index contributed by atoms with van der Waals surface area (Å²) in [6, 6.07) is 0. The van der Waals surface area contributed by atoms with E-state index in [1.807, 2.05) is 0 Å². The van der Waals surface area contributed by atoms with E-state index in [2.05, 4.69) is 0 Å². The number of aromatic nitrogens is 2. The molecule has 0 unspecified atom stereocenters. The van der Waals surface area contributed by atoms with Crippen molar-refractivity contribution >= 4 is 0 Å². The zero-order chi connectivity index (χ0) is 10.4. The number of rotatable bonds is 0. The summed E-state index contributed by atoms with van der Waals surface area (Å²) in [7, 11) is 1.40. The molecule has 2 N–H and O–H groups in total. The summed E-state index contributed by atoms with van der Waals surface area (Å²) in [5.41, 5.74) is -0.970. The second-order valence-electron chi connectivity index (χ2n) is 4.00. The fraction of sp³-hybridized carbons (Fsp3) is 0.625. The second kappa shape index (κ2) is 2.55. The molecule has 1 heterocycles. The summed E-state index contributed by atoms with van der Waals surface area (Å²) in [5, 5.41) is 18.7. The summed E-state index contributed by atoms with van der Waals surface area (Å²) in [4.78, 5) is 11.5. The van der Waals surface area contributed by atoms with Crippen LogP contribution in [0, 0.1) is 0 Å². The van der Waals surface area contributed by atoms with Gasteiger partial charge in [-0.3, -0.25) is 9.13 Å². The molecule has 0 aliphatic carbocycles. The van der Waals surface area contributed by atoms with Gasteiger partial charge in [0.15, 0.2) is 0 Å². The molecule has 0 spiro atoms. The Morgan fingerprint density at radius 1 is 1.15 bits per heavy atom. The van der Waals surface area contributed by atoms with Crippen molar-refractivity contribution in [2.24, 2.45) is 7.05 Å². The minimum Gasteiger partial charge on any atom is -0.491 e. The summed E-state index contributed by atoms with van der Waals surface area (Å²) in [6.07, 6.45) is 0. The third kappa shape index (κ3) is 1.30. The smallest absolute Gasteiger partial charge is 0.334 e. The lowest BCUT2D eigenvalue weighted by atomic mass is 10.1. The van der Waals surface area contributed by atoms with Crippen molar-refractivity contribution < 1.29 is 10.2 Å². The average molecular weight is 186 g/mol. The van der Waals surface area contributed by atoms with E-state index in [1.165, 1.54) is 7.05 Å². The fourth-order valence-electron chi connectivity index (χ4n) is 1.19. The van der Waals surface area contributed by atoms with E-state index in [9.17, 15) is 15.0 Å². The molecule has 5 heteroatoms. The normalized spacial score (nSPS) is 12.0. The van der Waals surface area contributed by atoms with Crippen LogP contribution in [0.1, 0.15) is 20.8 Å². The van der Waals surface area contributed by atoms with E-state index >= 15 is 0 Å². The predicted molar refractivity (Wildman–Crippen MR) is 48.0 cm³/mol. The lowest BCUT2D eigenvalue weighted by Gasteiger charge is -2.19. The molecule has 1 aromatic rings. The monoisotopic (exact) mass is 186 g/mol. The first-order valence-electron chi connectivity index (χ1n) is 3.97. The van der Waals surface area contributed by atoms with E-state index in [1.54, 1.807) is 20.8 Å². The van der Waals surface area contributed by atoms with Gasteiger partial charge in [-0.25, -0.2) is 4.79 Å². The van der Waals surface area contributed by atoms with Crippen molar-refractivity contribution in [2.45, 2.75) is 26.3 Å². The lowest BCUT2D eigenvalue weighted by molar-refractivity contribution is 0.304. The molecule has 0 saturated carbocycles. The quantitative estimate of drug-likeness (QED) is 0.614. The van der Waals surface area contributed by atoms with Crippen molar-refractivity contribution in [1.29, 1.82) is 0 Å². The topological polar surface area (TPSA) is 67.4 Å². The van der Waals surface area contributed by atoms with Crippen molar-refractivity contribution in [3.05, 3.63) is 10.5 Å². The van der Waals surface area contributed by atoms with Crippen LogP contribution in [-0.4, -0.2) is 19.3 Å². The average Bonchev–Trinajstić information content (AvgIpc) is 2.14. The minimum atomic E-state index is -0.542. The molecule has 0 bridgehead atoms. The number of aromatic hydroxyl groups is 2. The van der Waals surface area contributed by atoms with Crippen LogP contribution in [0.15, 0.2) is 4.79 Å². The maximum absolute atomic E-state index is 11.5. The van der Waals surface area contributed by atoms with Gasteiger partial charge in [0.05, 0.1) is 0 Å². The van der Waals surface area contributed by atoms with Crippen LogP contribution in [-0.2, 0) is 12.6 Å². The van der Waals surface area contributed by atoms with Gasteiger partial charge >= 0.3 is 5.69 Å². The molecule has 0 atom stereocenters. The molecule has 0 aliphatic heterocycles. The molecule has 0 amide bonds. The molecular weight excluding hydrogens is 172 g/mol. The van der Waals surface area contributed by atoms with Gasteiger partial charge in [-0.15, -0.1) is 0 Å². The Kier molecular flexibility index (Phi) is 1.90. The third-order valence-corrected chi connectivity index (χ3v) is 1.88. The summed E-state index contributed by atoms with van der Waals surface area (Å²) < 4.78 is 2.14. The Balaban J connectivity index is 3.57. The van der Waals surface area contributed by atoms with Crippen LogP contribution in [0.25, 0.3) is 0 Å². The molecule has 0 radical (unpaired) electrons. The van der Waals surface area contributed by atoms with Gasteiger partial charge in [0.2, 0.25) is 0 Å². The van der Waals surface area contributed by atoms with Crippen molar-refractivity contribution in [1.82, 2.24) is 9.13 Å². The Morgan fingerprint density at radius 2 is 1.62 bits per heavy atom. The summed E-state index contributed by atoms with van der Waals surface area (Å²) in [5.74, 6) is -0.792. The SMILES string of the molecule is Cn1c(O)c(O)n(C(C)(C)C)c1=O. The van der Waals surface area contributed by atoms with Gasteiger partial charge in [-0.2, -0.15) is 0 Å². The Labute approximate surface area is 75.9 Å². The molecule has 0 saturated heterocycles. The van der Waals surface area contributed by atoms with Gasteiger partial charge < -0.3 is 10.2 Å². The van der Waals surface area contributed by atoms with E-state index < -0.39 is 17.1 Å². The predicted octanol–water partition coefficient (Wildman–Crippen LogP) is 0.353. The molecular formula is C8H14N2O3. The number of imidazole rings is 1. The molecule has 74 valence electrons. The molecule has 0 aliphatic rings. The summed E-state index contributed by atoms with van der Waals surface area (Å²) >= 11 is 0. The summed E-state index contributed by atoms with van der Waals surface area (Å²) in [6.45, 7) is 5.31. The van der Waals surface area contributed by atoms with Crippen LogP contribution >= 0.6 is 0 Å². The first kappa shape index (κ1) is 9.70. The highest BCUT2D eigenvalue weighted by Gasteiger charge is 2.25. The van der Waals surface area contributed by atoms with Gasteiger partial charge in [0, 0.05) is 12.6 Å². The molecule has 1 rings (SSSR count). The maximum atomic E-state index is 11.5. The van der Waals surface area contributed by atoms with E-state index in [0.717, 1.165) is 9.13 Å². The molecule has 5 nitrogen and oxygen atoms in total. The van der Waals surface area contributed by atoms with Gasteiger partial charge in [-0.05, 0) is 20.8 Å². The van der Waals surface area contributed by atoms with Gasteiger partial charge in [-0.1, -0.05) is 0 Å². The highest BCUT2D eigenvalue weighted by molar-refractivity contribution is 5.26.